The van der Waals surface area contributed by atoms with Crippen molar-refractivity contribution < 1.29 is 0 Å². The first-order chi connectivity index (χ1) is 6.81. The van der Waals surface area contributed by atoms with E-state index in [9.17, 15) is 0 Å². The van der Waals surface area contributed by atoms with Crippen LogP contribution in [0.1, 0.15) is 11.3 Å². The summed E-state index contributed by atoms with van der Waals surface area (Å²) < 4.78 is 1.45. The lowest BCUT2D eigenvalue weighted by atomic mass is 10.2. The Hall–Kier alpha value is -2.11. The molecule has 70 valence electrons. The van der Waals surface area contributed by atoms with Gasteiger partial charge in [0, 0.05) is 0 Å². The van der Waals surface area contributed by atoms with Crippen molar-refractivity contribution in [3.63, 3.8) is 0 Å². The Morgan fingerprint density at radius 1 is 1.43 bits per heavy atom. The van der Waals surface area contributed by atoms with Crippen molar-refractivity contribution in [3.05, 3.63) is 30.2 Å². The van der Waals surface area contributed by atoms with Gasteiger partial charge in [-0.05, 0) is 35.1 Å². The summed E-state index contributed by atoms with van der Waals surface area (Å²) in [6.07, 6.45) is 3.13. The summed E-state index contributed by atoms with van der Waals surface area (Å²) in [5.74, 6) is 0.595. The topological polar surface area (TPSA) is 69.4 Å². The Morgan fingerprint density at radius 2 is 2.29 bits per heavy atom. The van der Waals surface area contributed by atoms with Crippen molar-refractivity contribution in [2.75, 3.05) is 0 Å². The van der Waals surface area contributed by atoms with Crippen LogP contribution in [-0.2, 0) is 0 Å². The van der Waals surface area contributed by atoms with Crippen molar-refractivity contribution in [2.24, 2.45) is 0 Å². The third kappa shape index (κ3) is 1.37. The van der Waals surface area contributed by atoms with E-state index in [1.807, 2.05) is 13.0 Å². The maximum Gasteiger partial charge on any atom is 0.179 e. The van der Waals surface area contributed by atoms with Crippen molar-refractivity contribution in [1.29, 1.82) is 0 Å². The summed E-state index contributed by atoms with van der Waals surface area (Å²) in [7, 11) is 0. The molecular formula is C8H8N6. The van der Waals surface area contributed by atoms with Crippen molar-refractivity contribution in [2.45, 2.75) is 6.92 Å². The fourth-order valence-corrected chi connectivity index (χ4v) is 1.06. The highest BCUT2D eigenvalue weighted by Crippen LogP contribution is 2.08. The lowest BCUT2D eigenvalue weighted by Crippen LogP contribution is -2.02. The standard InChI is InChI=1S/C8H8N6/c1-3-7-6(2)4-8(11-10-7)14-5-9-12-13-14/h3-5H,1H2,2H3. The quantitative estimate of drug-likeness (QED) is 0.682. The maximum absolute atomic E-state index is 3.97. The summed E-state index contributed by atoms with van der Waals surface area (Å²) >= 11 is 0. The molecular weight excluding hydrogens is 180 g/mol. The molecule has 0 saturated heterocycles. The molecule has 14 heavy (non-hydrogen) atoms. The molecule has 0 bridgehead atoms. The summed E-state index contributed by atoms with van der Waals surface area (Å²) in [6, 6.07) is 1.85. The van der Waals surface area contributed by atoms with Crippen LogP contribution in [0.4, 0.5) is 0 Å². The molecule has 0 aliphatic carbocycles. The van der Waals surface area contributed by atoms with Crippen molar-refractivity contribution in [1.82, 2.24) is 30.4 Å². The second-order valence-electron chi connectivity index (χ2n) is 2.73. The minimum atomic E-state index is 0.595. The average Bonchev–Trinajstić information content (AvgIpc) is 2.70. The Kier molecular flexibility index (Phi) is 2.02. The minimum absolute atomic E-state index is 0.595. The highest BCUT2D eigenvalue weighted by atomic mass is 15.5. The van der Waals surface area contributed by atoms with Gasteiger partial charge in [-0.1, -0.05) is 6.58 Å². The third-order valence-electron chi connectivity index (χ3n) is 1.79. The van der Waals surface area contributed by atoms with Crippen LogP contribution >= 0.6 is 0 Å². The molecule has 0 radical (unpaired) electrons. The Balaban J connectivity index is 2.48. The van der Waals surface area contributed by atoms with Crippen LogP contribution < -0.4 is 0 Å². The Morgan fingerprint density at radius 3 is 2.86 bits per heavy atom. The Bertz CT molecular complexity index is 447. The highest BCUT2D eigenvalue weighted by molar-refractivity contribution is 5.47. The van der Waals surface area contributed by atoms with E-state index in [4.69, 9.17) is 0 Å². The molecule has 0 saturated carbocycles. The van der Waals surface area contributed by atoms with Crippen molar-refractivity contribution in [3.8, 4) is 5.82 Å². The SMILES string of the molecule is C=Cc1nnc(-n2cnnn2)cc1C. The number of hydrogen-bond acceptors (Lipinski definition) is 5. The molecule has 0 atom stereocenters. The van der Waals surface area contributed by atoms with Crippen LogP contribution in [0.5, 0.6) is 0 Å². The first-order valence-electron chi connectivity index (χ1n) is 4.01. The van der Waals surface area contributed by atoms with Crippen LogP contribution in [0, 0.1) is 6.92 Å². The lowest BCUT2D eigenvalue weighted by Gasteiger charge is -2.00. The molecule has 0 aliphatic rings. The van der Waals surface area contributed by atoms with Crippen LogP contribution in [0.25, 0.3) is 11.9 Å². The molecule has 6 heteroatoms. The molecule has 0 spiro atoms. The fraction of sp³-hybridized carbons (Fsp3) is 0.125. The van der Waals surface area contributed by atoms with Gasteiger partial charge in [-0.2, -0.15) is 4.68 Å². The first-order valence-corrected chi connectivity index (χ1v) is 4.01. The van der Waals surface area contributed by atoms with E-state index in [1.54, 1.807) is 6.08 Å². The van der Waals surface area contributed by atoms with Gasteiger partial charge in [0.1, 0.15) is 6.33 Å². The van der Waals surface area contributed by atoms with Gasteiger partial charge in [-0.15, -0.1) is 15.3 Å². The van der Waals surface area contributed by atoms with Gasteiger partial charge in [0.05, 0.1) is 5.69 Å². The summed E-state index contributed by atoms with van der Waals surface area (Å²) in [5, 5.41) is 18.7. The van der Waals surface area contributed by atoms with Gasteiger partial charge in [-0.3, -0.25) is 0 Å². The molecule has 2 heterocycles. The largest absolute Gasteiger partial charge is 0.180 e. The molecule has 6 nitrogen and oxygen atoms in total. The van der Waals surface area contributed by atoms with Crippen LogP contribution in [0.15, 0.2) is 19.0 Å². The van der Waals surface area contributed by atoms with Gasteiger partial charge in [0.25, 0.3) is 0 Å². The maximum atomic E-state index is 3.97. The average molecular weight is 188 g/mol. The summed E-state index contributed by atoms with van der Waals surface area (Å²) in [6.45, 7) is 5.56. The van der Waals surface area contributed by atoms with E-state index in [-0.39, 0.29) is 0 Å². The minimum Gasteiger partial charge on any atom is -0.180 e. The third-order valence-corrected chi connectivity index (χ3v) is 1.79. The zero-order valence-electron chi connectivity index (χ0n) is 7.62. The molecule has 0 fully saturated rings. The van der Waals surface area contributed by atoms with Crippen LogP contribution in [0.3, 0.4) is 0 Å². The van der Waals surface area contributed by atoms with Gasteiger partial charge in [-0.25, -0.2) is 0 Å². The zero-order chi connectivity index (χ0) is 9.97. The zero-order valence-corrected chi connectivity index (χ0v) is 7.62. The number of nitrogens with zero attached hydrogens (tertiary/aromatic N) is 6. The first kappa shape index (κ1) is 8.49. The van der Waals surface area contributed by atoms with Crippen LogP contribution in [0.2, 0.25) is 0 Å². The summed E-state index contributed by atoms with van der Waals surface area (Å²) in [4.78, 5) is 0. The van der Waals surface area contributed by atoms with E-state index in [0.717, 1.165) is 11.3 Å². The fourth-order valence-electron chi connectivity index (χ4n) is 1.06. The van der Waals surface area contributed by atoms with E-state index < -0.39 is 0 Å². The van der Waals surface area contributed by atoms with E-state index in [0.29, 0.717) is 5.82 Å². The van der Waals surface area contributed by atoms with Gasteiger partial charge in [0.2, 0.25) is 0 Å². The number of tetrazole rings is 1. The van der Waals surface area contributed by atoms with Crippen LogP contribution in [-0.4, -0.2) is 30.4 Å². The summed E-state index contributed by atoms with van der Waals surface area (Å²) in [5.41, 5.74) is 1.75. The number of aromatic nitrogens is 6. The molecule has 0 amide bonds. The van der Waals surface area contributed by atoms with E-state index in [1.165, 1.54) is 11.0 Å². The molecule has 0 N–H and O–H groups in total. The number of aryl methyl sites for hydroxylation is 1. The predicted octanol–water partition coefficient (Wildman–Crippen LogP) is 0.404. The van der Waals surface area contributed by atoms with Gasteiger partial charge >= 0.3 is 0 Å². The lowest BCUT2D eigenvalue weighted by molar-refractivity contribution is 0.752. The molecule has 2 aromatic heterocycles. The number of hydrogen-bond donors (Lipinski definition) is 0. The molecule has 0 aromatic carbocycles. The highest BCUT2D eigenvalue weighted by Gasteiger charge is 2.03. The number of rotatable bonds is 2. The molecule has 2 aromatic rings. The smallest absolute Gasteiger partial charge is 0.179 e. The van der Waals surface area contributed by atoms with E-state index in [2.05, 4.69) is 32.3 Å². The molecule has 0 aliphatic heterocycles. The van der Waals surface area contributed by atoms with Gasteiger partial charge in [0.15, 0.2) is 5.82 Å². The van der Waals surface area contributed by atoms with E-state index >= 15 is 0 Å². The monoisotopic (exact) mass is 188 g/mol. The van der Waals surface area contributed by atoms with Gasteiger partial charge < -0.3 is 0 Å². The normalized spacial score (nSPS) is 10.1. The second-order valence-corrected chi connectivity index (χ2v) is 2.73. The predicted molar refractivity (Wildman–Crippen MR) is 49.6 cm³/mol. The van der Waals surface area contributed by atoms with Crippen molar-refractivity contribution >= 4 is 6.08 Å². The molecule has 2 rings (SSSR count). The second kappa shape index (κ2) is 3.33. The molecule has 0 unspecified atom stereocenters. The Labute approximate surface area is 80.3 Å².